The van der Waals surface area contributed by atoms with Crippen LogP contribution in [-0.2, 0) is 33.3 Å². The Kier molecular flexibility index (Phi) is 66.4. The van der Waals surface area contributed by atoms with E-state index in [1.165, 1.54) is 334 Å². The molecule has 9 nitrogen and oxygen atoms in total. The first-order valence-electron chi connectivity index (χ1n) is 37.9. The molecule has 9 heteroatoms. The molecule has 0 fully saturated rings. The van der Waals surface area contributed by atoms with E-state index in [0.717, 1.165) is 38.5 Å². The van der Waals surface area contributed by atoms with Gasteiger partial charge in [-0.25, -0.2) is 4.79 Å². The highest BCUT2D eigenvalue weighted by molar-refractivity contribution is 5.71. The summed E-state index contributed by atoms with van der Waals surface area (Å²) in [6.07, 6.45) is 80.9. The standard InChI is InChI=1S/C76H147NO8/c1-6-8-10-12-14-16-18-20-22-24-26-27-28-29-30-31-32-33-34-35-36-37-38-39-40-41-42-43-44-45-46-47-49-50-52-54-56-58-60-62-64-66-73(78)83-70-72(71-84-76(75(80)81)82-69-68-77(3,4)5)85-74(79)67-65-63-61-59-57-55-53-51-48-25-23-21-19-17-15-13-11-9-7-2/h21,23,72,76H,6-20,22,24-71H2,1-5H3/p+1/b23-21-. The van der Waals surface area contributed by atoms with E-state index in [4.69, 9.17) is 18.9 Å². The molecule has 0 bridgehead atoms. The van der Waals surface area contributed by atoms with Crippen molar-refractivity contribution in [2.24, 2.45) is 0 Å². The molecule has 0 heterocycles. The topological polar surface area (TPSA) is 108 Å². The van der Waals surface area contributed by atoms with Crippen molar-refractivity contribution in [3.8, 4) is 0 Å². The predicted octanol–water partition coefficient (Wildman–Crippen LogP) is 23.6. The Morgan fingerprint density at radius 1 is 0.341 bits per heavy atom. The number of allylic oxidation sites excluding steroid dienone is 2. The van der Waals surface area contributed by atoms with Crippen molar-refractivity contribution in [1.82, 2.24) is 0 Å². The fourth-order valence-electron chi connectivity index (χ4n) is 11.7. The fourth-order valence-corrected chi connectivity index (χ4v) is 11.7. The molecule has 0 aromatic heterocycles. The maximum Gasteiger partial charge on any atom is 0.361 e. The van der Waals surface area contributed by atoms with Crippen molar-refractivity contribution in [2.75, 3.05) is 47.5 Å². The van der Waals surface area contributed by atoms with Crippen LogP contribution in [0, 0.1) is 0 Å². The molecule has 504 valence electrons. The van der Waals surface area contributed by atoms with Gasteiger partial charge in [-0.3, -0.25) is 9.59 Å². The van der Waals surface area contributed by atoms with Crippen LogP contribution in [0.15, 0.2) is 12.2 Å². The van der Waals surface area contributed by atoms with Crippen LogP contribution in [0.1, 0.15) is 399 Å². The van der Waals surface area contributed by atoms with Gasteiger partial charge < -0.3 is 28.5 Å². The van der Waals surface area contributed by atoms with Crippen LogP contribution in [0.5, 0.6) is 0 Å². The molecule has 2 atom stereocenters. The number of ether oxygens (including phenoxy) is 4. The van der Waals surface area contributed by atoms with E-state index in [-0.39, 0.29) is 38.2 Å². The summed E-state index contributed by atoms with van der Waals surface area (Å²) in [5.74, 6) is -1.98. The summed E-state index contributed by atoms with van der Waals surface area (Å²) >= 11 is 0. The number of esters is 2. The van der Waals surface area contributed by atoms with Crippen LogP contribution in [0.4, 0.5) is 0 Å². The fraction of sp³-hybridized carbons (Fsp3) is 0.934. The number of hydrogen-bond acceptors (Lipinski definition) is 7. The number of carboxylic acids is 1. The Bertz CT molecular complexity index is 1400. The zero-order chi connectivity index (χ0) is 61.9. The molecule has 2 unspecified atom stereocenters. The van der Waals surface area contributed by atoms with E-state index in [1.807, 2.05) is 21.1 Å². The molecule has 0 aliphatic rings. The number of carbonyl (C=O) groups excluding carboxylic acids is 2. The van der Waals surface area contributed by atoms with Crippen molar-refractivity contribution in [2.45, 2.75) is 411 Å². The van der Waals surface area contributed by atoms with E-state index < -0.39 is 18.4 Å². The van der Waals surface area contributed by atoms with Gasteiger partial charge in [0, 0.05) is 12.8 Å². The van der Waals surface area contributed by atoms with Crippen LogP contribution in [0.3, 0.4) is 0 Å². The molecule has 1 N–H and O–H groups in total. The normalized spacial score (nSPS) is 12.6. The van der Waals surface area contributed by atoms with Crippen molar-refractivity contribution < 1.29 is 42.9 Å². The van der Waals surface area contributed by atoms with Crippen LogP contribution in [0.25, 0.3) is 0 Å². The lowest BCUT2D eigenvalue weighted by molar-refractivity contribution is -0.870. The first kappa shape index (κ1) is 83.0. The van der Waals surface area contributed by atoms with Gasteiger partial charge in [0.2, 0.25) is 0 Å². The van der Waals surface area contributed by atoms with Crippen molar-refractivity contribution >= 4 is 17.9 Å². The van der Waals surface area contributed by atoms with Crippen molar-refractivity contribution in [1.29, 1.82) is 0 Å². The molecule has 0 aromatic rings. The molecule has 0 saturated carbocycles. The number of nitrogens with zero attached hydrogens (tertiary/aromatic N) is 1. The third kappa shape index (κ3) is 69.4. The Morgan fingerprint density at radius 3 is 0.871 bits per heavy atom. The minimum atomic E-state index is -1.51. The zero-order valence-corrected chi connectivity index (χ0v) is 57.8. The summed E-state index contributed by atoms with van der Waals surface area (Å²) in [6, 6.07) is 0. The Labute approximate surface area is 529 Å². The SMILES string of the molecule is CCCCCCCC/C=C\CCCCCCCCCCCC(=O)OC(COC(=O)CCCCCCCCCCCCCCCCCCCCCCCCCCCCCCCCCCCCCCCCCCC)COC(OCC[N+](C)(C)C)C(=O)O. The first-order valence-corrected chi connectivity index (χ1v) is 37.9. The summed E-state index contributed by atoms with van der Waals surface area (Å²) < 4.78 is 23.0. The lowest BCUT2D eigenvalue weighted by atomic mass is 10.0. The maximum atomic E-state index is 12.9. The largest absolute Gasteiger partial charge is 0.477 e. The van der Waals surface area contributed by atoms with E-state index in [2.05, 4.69) is 26.0 Å². The van der Waals surface area contributed by atoms with Gasteiger partial charge in [-0.15, -0.1) is 0 Å². The van der Waals surface area contributed by atoms with Gasteiger partial charge in [-0.05, 0) is 38.5 Å². The molecule has 0 spiro atoms. The zero-order valence-electron chi connectivity index (χ0n) is 57.8. The van der Waals surface area contributed by atoms with Gasteiger partial charge in [-0.2, -0.15) is 0 Å². The Morgan fingerprint density at radius 2 is 0.600 bits per heavy atom. The van der Waals surface area contributed by atoms with E-state index in [1.54, 1.807) is 0 Å². The molecule has 0 saturated heterocycles. The molecular weight excluding hydrogens is 1050 g/mol. The summed E-state index contributed by atoms with van der Waals surface area (Å²) in [5, 5.41) is 9.74. The minimum Gasteiger partial charge on any atom is -0.477 e. The molecule has 0 amide bonds. The smallest absolute Gasteiger partial charge is 0.361 e. The molecular formula is C76H148NO8+. The number of hydrogen-bond donors (Lipinski definition) is 1. The second-order valence-electron chi connectivity index (χ2n) is 27.3. The molecule has 0 aliphatic carbocycles. The van der Waals surface area contributed by atoms with Crippen LogP contribution in [-0.4, -0.2) is 87.4 Å². The average molecular weight is 1200 g/mol. The van der Waals surface area contributed by atoms with Gasteiger partial charge >= 0.3 is 17.9 Å². The number of unbranched alkanes of at least 4 members (excludes halogenated alkanes) is 55. The third-order valence-corrected chi connectivity index (χ3v) is 17.5. The third-order valence-electron chi connectivity index (χ3n) is 17.5. The quantitative estimate of drug-likeness (QED) is 0.0211. The second-order valence-corrected chi connectivity index (χ2v) is 27.3. The summed E-state index contributed by atoms with van der Waals surface area (Å²) in [6.45, 7) is 4.95. The second kappa shape index (κ2) is 68.0. The molecule has 0 aromatic carbocycles. The Hall–Kier alpha value is -1.97. The molecule has 85 heavy (non-hydrogen) atoms. The highest BCUT2D eigenvalue weighted by Crippen LogP contribution is 2.20. The van der Waals surface area contributed by atoms with Gasteiger partial charge in [0.1, 0.15) is 13.2 Å². The van der Waals surface area contributed by atoms with Gasteiger partial charge in [-0.1, -0.05) is 360 Å². The highest BCUT2D eigenvalue weighted by atomic mass is 16.7. The number of quaternary nitrogens is 1. The van der Waals surface area contributed by atoms with Gasteiger partial charge in [0.15, 0.2) is 6.10 Å². The number of aliphatic carboxylic acids is 1. The number of rotatable bonds is 72. The molecule has 0 rings (SSSR count). The minimum absolute atomic E-state index is 0.176. The first-order chi connectivity index (χ1) is 41.6. The molecule has 0 radical (unpaired) electrons. The monoisotopic (exact) mass is 1200 g/mol. The van der Waals surface area contributed by atoms with E-state index in [9.17, 15) is 19.5 Å². The lowest BCUT2D eigenvalue weighted by Crippen LogP contribution is -2.40. The predicted molar refractivity (Wildman–Crippen MR) is 365 cm³/mol. The van der Waals surface area contributed by atoms with Gasteiger partial charge in [0.05, 0.1) is 34.4 Å². The summed E-state index contributed by atoms with van der Waals surface area (Å²) in [7, 11) is 5.99. The number of likely N-dealkylation sites (N-methyl/N-ethyl adjacent to an activating group) is 1. The van der Waals surface area contributed by atoms with Crippen LogP contribution >= 0.6 is 0 Å². The van der Waals surface area contributed by atoms with Crippen molar-refractivity contribution in [3.05, 3.63) is 12.2 Å². The summed E-state index contributed by atoms with van der Waals surface area (Å²) in [5.41, 5.74) is 0. The molecule has 0 aliphatic heterocycles. The highest BCUT2D eigenvalue weighted by Gasteiger charge is 2.25. The van der Waals surface area contributed by atoms with E-state index in [0.29, 0.717) is 17.4 Å². The Balaban J connectivity index is 3.87. The number of carbonyl (C=O) groups is 3. The lowest BCUT2D eigenvalue weighted by Gasteiger charge is -2.25. The van der Waals surface area contributed by atoms with Crippen molar-refractivity contribution in [3.63, 3.8) is 0 Å². The maximum absolute atomic E-state index is 12.9. The van der Waals surface area contributed by atoms with Gasteiger partial charge in [0.25, 0.3) is 6.29 Å². The average Bonchev–Trinajstić information content (AvgIpc) is 3.48. The summed E-state index contributed by atoms with van der Waals surface area (Å²) in [4.78, 5) is 37.6. The number of carboxylic acid groups (broad SMARTS) is 1. The van der Waals surface area contributed by atoms with E-state index >= 15 is 0 Å². The van der Waals surface area contributed by atoms with Crippen LogP contribution in [0.2, 0.25) is 0 Å². The van der Waals surface area contributed by atoms with Crippen LogP contribution < -0.4 is 0 Å².